The minimum Gasteiger partial charge on any atom is -0.481 e. The predicted octanol–water partition coefficient (Wildman–Crippen LogP) is 3.70. The molecule has 0 atom stereocenters. The Hall–Kier alpha value is -2.41. The van der Waals surface area contributed by atoms with Crippen molar-refractivity contribution in [3.8, 4) is 5.75 Å². The van der Waals surface area contributed by atoms with E-state index >= 15 is 0 Å². The van der Waals surface area contributed by atoms with Gasteiger partial charge in [0.25, 0.3) is 5.91 Å². The summed E-state index contributed by atoms with van der Waals surface area (Å²) >= 11 is 3.14. The summed E-state index contributed by atoms with van der Waals surface area (Å²) in [7, 11) is 1.28. The topological polar surface area (TPSA) is 64.6 Å². The molecule has 0 saturated carbocycles. The molecular formula is C17H15BrFNO4. The highest BCUT2D eigenvalue weighted by Crippen LogP contribution is 2.22. The lowest BCUT2D eigenvalue weighted by Gasteiger charge is -2.11. The molecule has 0 radical (unpaired) electrons. The van der Waals surface area contributed by atoms with Gasteiger partial charge in [0.2, 0.25) is 0 Å². The second kappa shape index (κ2) is 7.92. The summed E-state index contributed by atoms with van der Waals surface area (Å²) in [5.41, 5.74) is 1.55. The number of hydrogen-bond acceptors (Lipinski definition) is 4. The monoisotopic (exact) mass is 395 g/mol. The summed E-state index contributed by atoms with van der Waals surface area (Å²) < 4.78 is 24.0. The smallest absolute Gasteiger partial charge is 0.337 e. The van der Waals surface area contributed by atoms with E-state index in [2.05, 4.69) is 26.0 Å². The third kappa shape index (κ3) is 4.55. The van der Waals surface area contributed by atoms with Gasteiger partial charge in [-0.25, -0.2) is 9.18 Å². The highest BCUT2D eigenvalue weighted by Gasteiger charge is 2.12. The fraction of sp³-hybridized carbons (Fsp3) is 0.176. The van der Waals surface area contributed by atoms with Crippen LogP contribution in [-0.2, 0) is 9.53 Å². The SMILES string of the molecule is COC(=O)c1ccc(C)c(NC(=O)COc2ccc(Br)cc2F)c1. The number of carbonyl (C=O) groups is 2. The minimum absolute atomic E-state index is 0.0200. The van der Waals surface area contributed by atoms with Crippen LogP contribution in [0.3, 0.4) is 0 Å². The molecule has 1 amide bonds. The van der Waals surface area contributed by atoms with E-state index in [9.17, 15) is 14.0 Å². The van der Waals surface area contributed by atoms with E-state index in [-0.39, 0.29) is 12.4 Å². The molecule has 2 aromatic rings. The first-order valence-electron chi connectivity index (χ1n) is 6.97. The quantitative estimate of drug-likeness (QED) is 0.783. The van der Waals surface area contributed by atoms with Gasteiger partial charge in [0, 0.05) is 10.2 Å². The van der Waals surface area contributed by atoms with Gasteiger partial charge in [-0.15, -0.1) is 0 Å². The van der Waals surface area contributed by atoms with Crippen molar-refractivity contribution in [3.05, 3.63) is 57.8 Å². The molecule has 24 heavy (non-hydrogen) atoms. The second-order valence-electron chi connectivity index (χ2n) is 4.93. The van der Waals surface area contributed by atoms with Crippen LogP contribution < -0.4 is 10.1 Å². The number of anilines is 1. The van der Waals surface area contributed by atoms with E-state index in [0.717, 1.165) is 5.56 Å². The maximum Gasteiger partial charge on any atom is 0.337 e. The molecule has 0 heterocycles. The number of halogens is 2. The lowest BCUT2D eigenvalue weighted by molar-refractivity contribution is -0.118. The van der Waals surface area contributed by atoms with Gasteiger partial charge in [0.15, 0.2) is 18.2 Å². The summed E-state index contributed by atoms with van der Waals surface area (Å²) in [6.07, 6.45) is 0. The first-order valence-corrected chi connectivity index (χ1v) is 7.76. The number of benzene rings is 2. The molecule has 126 valence electrons. The van der Waals surface area contributed by atoms with Gasteiger partial charge < -0.3 is 14.8 Å². The van der Waals surface area contributed by atoms with Gasteiger partial charge >= 0.3 is 5.97 Å². The third-order valence-electron chi connectivity index (χ3n) is 3.19. The number of hydrogen-bond donors (Lipinski definition) is 1. The summed E-state index contributed by atoms with van der Waals surface area (Å²) in [6.45, 7) is 1.42. The lowest BCUT2D eigenvalue weighted by atomic mass is 10.1. The Morgan fingerprint density at radius 3 is 2.62 bits per heavy atom. The Bertz CT molecular complexity index is 779. The van der Waals surface area contributed by atoms with E-state index < -0.39 is 17.7 Å². The lowest BCUT2D eigenvalue weighted by Crippen LogP contribution is -2.21. The maximum atomic E-state index is 13.6. The number of ether oxygens (including phenoxy) is 2. The van der Waals surface area contributed by atoms with Crippen LogP contribution in [-0.4, -0.2) is 25.6 Å². The standard InChI is InChI=1S/C17H15BrFNO4/c1-10-3-4-11(17(22)23-2)7-14(10)20-16(21)9-24-15-6-5-12(18)8-13(15)19/h3-8H,9H2,1-2H3,(H,20,21). The Morgan fingerprint density at radius 1 is 1.21 bits per heavy atom. The summed E-state index contributed by atoms with van der Waals surface area (Å²) in [6, 6.07) is 9.09. The average Bonchev–Trinajstić information content (AvgIpc) is 2.55. The molecule has 0 bridgehead atoms. The zero-order valence-electron chi connectivity index (χ0n) is 13.1. The fourth-order valence-electron chi connectivity index (χ4n) is 1.92. The molecule has 0 unspecified atom stereocenters. The first kappa shape index (κ1) is 17.9. The number of rotatable bonds is 5. The Morgan fingerprint density at radius 2 is 1.96 bits per heavy atom. The number of nitrogens with one attached hydrogen (secondary N) is 1. The molecule has 1 N–H and O–H groups in total. The summed E-state index contributed by atoms with van der Waals surface area (Å²) in [5.74, 6) is -1.56. The van der Waals surface area contributed by atoms with Gasteiger partial charge in [-0.3, -0.25) is 4.79 Å². The molecular weight excluding hydrogens is 381 g/mol. The molecule has 0 spiro atoms. The van der Waals surface area contributed by atoms with Crippen molar-refractivity contribution in [2.24, 2.45) is 0 Å². The first-order chi connectivity index (χ1) is 11.4. The van der Waals surface area contributed by atoms with Crippen molar-refractivity contribution in [2.45, 2.75) is 6.92 Å². The third-order valence-corrected chi connectivity index (χ3v) is 3.68. The molecule has 2 aromatic carbocycles. The van der Waals surface area contributed by atoms with Crippen molar-refractivity contribution in [3.63, 3.8) is 0 Å². The molecule has 5 nitrogen and oxygen atoms in total. The molecule has 0 aliphatic heterocycles. The molecule has 0 fully saturated rings. The van der Waals surface area contributed by atoms with Crippen molar-refractivity contribution < 1.29 is 23.5 Å². The number of amides is 1. The van der Waals surface area contributed by atoms with Crippen molar-refractivity contribution >= 4 is 33.5 Å². The number of carbonyl (C=O) groups excluding carboxylic acids is 2. The van der Waals surface area contributed by atoms with E-state index in [1.54, 1.807) is 25.1 Å². The molecule has 0 aliphatic rings. The summed E-state index contributed by atoms with van der Waals surface area (Å²) in [4.78, 5) is 23.5. The normalized spacial score (nSPS) is 10.2. The number of aryl methyl sites for hydroxylation is 1. The van der Waals surface area contributed by atoms with Crippen LogP contribution in [0.2, 0.25) is 0 Å². The zero-order chi connectivity index (χ0) is 17.7. The largest absolute Gasteiger partial charge is 0.481 e. The van der Waals surface area contributed by atoms with Gasteiger partial charge in [-0.1, -0.05) is 22.0 Å². The highest BCUT2D eigenvalue weighted by atomic mass is 79.9. The van der Waals surface area contributed by atoms with Crippen LogP contribution in [0.4, 0.5) is 10.1 Å². The van der Waals surface area contributed by atoms with Gasteiger partial charge in [-0.05, 0) is 42.8 Å². The minimum atomic E-state index is -0.568. The van der Waals surface area contributed by atoms with Crippen LogP contribution in [0.15, 0.2) is 40.9 Å². The van der Waals surface area contributed by atoms with Gasteiger partial charge in [-0.2, -0.15) is 0 Å². The Labute approximate surface area is 146 Å². The predicted molar refractivity (Wildman–Crippen MR) is 90.7 cm³/mol. The highest BCUT2D eigenvalue weighted by molar-refractivity contribution is 9.10. The van der Waals surface area contributed by atoms with Crippen molar-refractivity contribution in [1.82, 2.24) is 0 Å². The van der Waals surface area contributed by atoms with Crippen LogP contribution in [0, 0.1) is 12.7 Å². The number of methoxy groups -OCH3 is 1. The Kier molecular flexibility index (Phi) is 5.92. The second-order valence-corrected chi connectivity index (χ2v) is 5.85. The fourth-order valence-corrected chi connectivity index (χ4v) is 2.26. The zero-order valence-corrected chi connectivity index (χ0v) is 14.6. The van der Waals surface area contributed by atoms with Crippen LogP contribution >= 0.6 is 15.9 Å². The van der Waals surface area contributed by atoms with E-state index in [1.807, 2.05) is 0 Å². The van der Waals surface area contributed by atoms with Crippen molar-refractivity contribution in [1.29, 1.82) is 0 Å². The maximum absolute atomic E-state index is 13.6. The average molecular weight is 396 g/mol. The van der Waals surface area contributed by atoms with Gasteiger partial charge in [0.1, 0.15) is 0 Å². The molecule has 0 aromatic heterocycles. The molecule has 2 rings (SSSR count). The Balaban J connectivity index is 2.03. The van der Waals surface area contributed by atoms with Gasteiger partial charge in [0.05, 0.1) is 12.7 Å². The van der Waals surface area contributed by atoms with Crippen LogP contribution in [0.25, 0.3) is 0 Å². The summed E-state index contributed by atoms with van der Waals surface area (Å²) in [5, 5.41) is 2.63. The molecule has 0 aliphatic carbocycles. The van der Waals surface area contributed by atoms with E-state index in [4.69, 9.17) is 4.74 Å². The van der Waals surface area contributed by atoms with E-state index in [1.165, 1.54) is 25.3 Å². The molecule has 7 heteroatoms. The van der Waals surface area contributed by atoms with Crippen LogP contribution in [0.1, 0.15) is 15.9 Å². The van der Waals surface area contributed by atoms with Crippen LogP contribution in [0.5, 0.6) is 5.75 Å². The van der Waals surface area contributed by atoms with E-state index in [0.29, 0.717) is 15.7 Å². The number of esters is 1. The molecule has 0 saturated heterocycles. The van der Waals surface area contributed by atoms with Crippen molar-refractivity contribution in [2.75, 3.05) is 19.0 Å².